The maximum Gasteiger partial charge on any atom is 0.360 e. The highest BCUT2D eigenvalue weighted by Gasteiger charge is 2.26. The summed E-state index contributed by atoms with van der Waals surface area (Å²) >= 11 is 0. The van der Waals surface area contributed by atoms with Crippen LogP contribution in [0.4, 0.5) is 10.6 Å². The fourth-order valence-corrected chi connectivity index (χ4v) is 4.69. The summed E-state index contributed by atoms with van der Waals surface area (Å²) in [6, 6.07) is 6.89. The molecule has 2 aliphatic rings. The summed E-state index contributed by atoms with van der Waals surface area (Å²) in [6.07, 6.45) is 10.3. The highest BCUT2D eigenvalue weighted by Crippen LogP contribution is 2.26. The molecular weight excluding hydrogens is 462 g/mol. The number of amides is 3. The molecule has 4 rings (SSSR count). The van der Waals surface area contributed by atoms with Crippen LogP contribution in [0, 0.1) is 5.92 Å². The third kappa shape index (κ3) is 6.50. The minimum atomic E-state index is -0.686. The van der Waals surface area contributed by atoms with Gasteiger partial charge in [0.05, 0.1) is 13.7 Å². The van der Waals surface area contributed by atoms with E-state index in [0.29, 0.717) is 44.1 Å². The number of rotatable bonds is 7. The summed E-state index contributed by atoms with van der Waals surface area (Å²) in [5.41, 5.74) is 0.508. The molecule has 1 aliphatic carbocycles. The van der Waals surface area contributed by atoms with Crippen molar-refractivity contribution >= 4 is 23.7 Å². The predicted octanol–water partition coefficient (Wildman–Crippen LogP) is 3.60. The minimum absolute atomic E-state index is 0.0353. The Bertz CT molecular complexity index is 1060. The van der Waals surface area contributed by atoms with Crippen LogP contribution in [0.1, 0.15) is 59.4 Å². The zero-order valence-corrected chi connectivity index (χ0v) is 20.6. The van der Waals surface area contributed by atoms with Gasteiger partial charge < -0.3 is 19.3 Å². The molecule has 0 atom stereocenters. The highest BCUT2D eigenvalue weighted by molar-refractivity contribution is 5.98. The van der Waals surface area contributed by atoms with Gasteiger partial charge in [-0.2, -0.15) is 0 Å². The molecule has 10 heteroatoms. The largest absolute Gasteiger partial charge is 0.494 e. The van der Waals surface area contributed by atoms with E-state index in [2.05, 4.69) is 20.0 Å². The number of piperazine rings is 1. The molecule has 1 saturated heterocycles. The van der Waals surface area contributed by atoms with E-state index in [1.54, 1.807) is 21.9 Å². The zero-order chi connectivity index (χ0) is 25.3. The molecule has 36 heavy (non-hydrogen) atoms. The Hall–Kier alpha value is -3.69. The molecule has 1 saturated carbocycles. The monoisotopic (exact) mass is 495 g/mol. The average molecular weight is 496 g/mol. The van der Waals surface area contributed by atoms with Crippen molar-refractivity contribution in [1.29, 1.82) is 0 Å². The lowest BCUT2D eigenvalue weighted by molar-refractivity contribution is 0.0593. The van der Waals surface area contributed by atoms with Crippen molar-refractivity contribution in [3.05, 3.63) is 47.9 Å². The van der Waals surface area contributed by atoms with E-state index in [0.717, 1.165) is 12.3 Å². The van der Waals surface area contributed by atoms with Gasteiger partial charge in [-0.25, -0.2) is 19.6 Å². The molecule has 0 unspecified atom stereocenters. The summed E-state index contributed by atoms with van der Waals surface area (Å²) in [4.78, 5) is 48.9. The average Bonchev–Trinajstić information content (AvgIpc) is 2.93. The fourth-order valence-electron chi connectivity index (χ4n) is 4.69. The number of hydrogen-bond donors (Lipinski definition) is 1. The smallest absolute Gasteiger partial charge is 0.360 e. The number of hydrogen-bond acceptors (Lipinski definition) is 7. The lowest BCUT2D eigenvalue weighted by Gasteiger charge is -2.34. The molecule has 2 aromatic rings. The summed E-state index contributed by atoms with van der Waals surface area (Å²) in [6.45, 7) is 2.15. The van der Waals surface area contributed by atoms with Crippen molar-refractivity contribution in [1.82, 2.24) is 19.8 Å². The van der Waals surface area contributed by atoms with Gasteiger partial charge in [0.2, 0.25) is 0 Å². The Morgan fingerprint density at radius 2 is 1.72 bits per heavy atom. The minimum Gasteiger partial charge on any atom is -0.494 e. The van der Waals surface area contributed by atoms with Crippen LogP contribution in [-0.2, 0) is 4.74 Å². The fraction of sp³-hybridized carbons (Fsp3) is 0.500. The number of nitrogens with zero attached hydrogens (tertiary/aromatic N) is 4. The molecule has 10 nitrogen and oxygen atoms in total. The predicted molar refractivity (Wildman–Crippen MR) is 133 cm³/mol. The van der Waals surface area contributed by atoms with E-state index in [9.17, 15) is 14.4 Å². The van der Waals surface area contributed by atoms with E-state index in [4.69, 9.17) is 4.74 Å². The summed E-state index contributed by atoms with van der Waals surface area (Å²) in [5, 5.41) is 2.61. The van der Waals surface area contributed by atoms with Gasteiger partial charge in [0.15, 0.2) is 11.5 Å². The molecular formula is C26H33N5O5. The van der Waals surface area contributed by atoms with E-state index < -0.39 is 12.0 Å². The molecule has 1 N–H and O–H groups in total. The van der Waals surface area contributed by atoms with Gasteiger partial charge in [-0.1, -0.05) is 38.2 Å². The maximum absolute atomic E-state index is 13.1. The van der Waals surface area contributed by atoms with Crippen molar-refractivity contribution < 1.29 is 23.9 Å². The number of esters is 1. The SMILES string of the molecule is COC(=O)c1nccnc1NC(=O)N1CCN(C(=O)c2cccc(OCCC3CCCCC3)c2)CC1. The van der Waals surface area contributed by atoms with Gasteiger partial charge in [0.25, 0.3) is 5.91 Å². The quantitative estimate of drug-likeness (QED) is 0.584. The van der Waals surface area contributed by atoms with Crippen LogP contribution in [0.2, 0.25) is 0 Å². The van der Waals surface area contributed by atoms with Crippen molar-refractivity contribution in [2.45, 2.75) is 38.5 Å². The van der Waals surface area contributed by atoms with Gasteiger partial charge in [-0.05, 0) is 30.5 Å². The normalized spacial score (nSPS) is 16.4. The Morgan fingerprint density at radius 3 is 2.47 bits per heavy atom. The second kappa shape index (κ2) is 12.3. The van der Waals surface area contributed by atoms with Crippen LogP contribution in [0.25, 0.3) is 0 Å². The maximum atomic E-state index is 13.1. The van der Waals surface area contributed by atoms with E-state index in [1.807, 2.05) is 12.1 Å². The van der Waals surface area contributed by atoms with Crippen LogP contribution in [0.15, 0.2) is 36.7 Å². The second-order valence-corrected chi connectivity index (χ2v) is 9.12. The summed E-state index contributed by atoms with van der Waals surface area (Å²) in [5.74, 6) is 0.718. The number of aromatic nitrogens is 2. The number of anilines is 1. The van der Waals surface area contributed by atoms with Gasteiger partial charge in [0.1, 0.15) is 5.75 Å². The van der Waals surface area contributed by atoms with E-state index >= 15 is 0 Å². The first kappa shape index (κ1) is 25.4. The topological polar surface area (TPSA) is 114 Å². The summed E-state index contributed by atoms with van der Waals surface area (Å²) < 4.78 is 10.6. The number of benzene rings is 1. The molecule has 2 heterocycles. The number of ether oxygens (including phenoxy) is 2. The van der Waals surface area contributed by atoms with Gasteiger partial charge >= 0.3 is 12.0 Å². The highest BCUT2D eigenvalue weighted by atomic mass is 16.5. The van der Waals surface area contributed by atoms with Crippen molar-refractivity contribution in [3.63, 3.8) is 0 Å². The number of nitrogens with one attached hydrogen (secondary N) is 1. The third-order valence-electron chi connectivity index (χ3n) is 6.76. The Labute approximate surface area is 211 Å². The molecule has 0 radical (unpaired) electrons. The first-order chi connectivity index (χ1) is 17.5. The molecule has 1 aliphatic heterocycles. The number of carbonyl (C=O) groups excluding carboxylic acids is 3. The van der Waals surface area contributed by atoms with E-state index in [1.165, 1.54) is 51.6 Å². The molecule has 2 fully saturated rings. The van der Waals surface area contributed by atoms with Gasteiger partial charge in [-0.15, -0.1) is 0 Å². The molecule has 1 aromatic heterocycles. The van der Waals surface area contributed by atoms with Crippen LogP contribution in [0.3, 0.4) is 0 Å². The Balaban J connectivity index is 1.27. The Kier molecular flexibility index (Phi) is 8.70. The number of methoxy groups -OCH3 is 1. The summed E-state index contributed by atoms with van der Waals surface area (Å²) in [7, 11) is 1.23. The van der Waals surface area contributed by atoms with Crippen LogP contribution in [0.5, 0.6) is 5.75 Å². The molecule has 192 valence electrons. The third-order valence-corrected chi connectivity index (χ3v) is 6.76. The molecule has 0 bridgehead atoms. The van der Waals surface area contributed by atoms with Crippen molar-refractivity contribution in [2.75, 3.05) is 45.2 Å². The number of urea groups is 1. The van der Waals surface area contributed by atoms with Crippen LogP contribution >= 0.6 is 0 Å². The van der Waals surface area contributed by atoms with Gasteiger partial charge in [0, 0.05) is 44.1 Å². The zero-order valence-electron chi connectivity index (χ0n) is 20.6. The first-order valence-electron chi connectivity index (χ1n) is 12.5. The van der Waals surface area contributed by atoms with E-state index in [-0.39, 0.29) is 17.4 Å². The standard InChI is InChI=1S/C26H33N5O5/c1-35-25(33)22-23(28-12-11-27-22)29-26(34)31-15-13-30(14-16-31)24(32)20-8-5-9-21(18-20)36-17-10-19-6-3-2-4-7-19/h5,8-9,11-12,18-19H,2-4,6-7,10,13-17H2,1H3,(H,28,29,34). The molecule has 3 amide bonds. The lowest BCUT2D eigenvalue weighted by Crippen LogP contribution is -2.51. The molecule has 1 aromatic carbocycles. The molecule has 0 spiro atoms. The van der Waals surface area contributed by atoms with Crippen LogP contribution in [-0.4, -0.2) is 77.6 Å². The van der Waals surface area contributed by atoms with Crippen molar-refractivity contribution in [3.8, 4) is 5.75 Å². The van der Waals surface area contributed by atoms with Crippen molar-refractivity contribution in [2.24, 2.45) is 5.92 Å². The van der Waals surface area contributed by atoms with Gasteiger partial charge in [-0.3, -0.25) is 10.1 Å². The second-order valence-electron chi connectivity index (χ2n) is 9.12. The van der Waals surface area contributed by atoms with Crippen LogP contribution < -0.4 is 10.1 Å². The Morgan fingerprint density at radius 1 is 1.00 bits per heavy atom. The first-order valence-corrected chi connectivity index (χ1v) is 12.5. The lowest BCUT2D eigenvalue weighted by atomic mass is 9.87. The number of carbonyl (C=O) groups is 3.